The summed E-state index contributed by atoms with van der Waals surface area (Å²) in [5, 5.41) is 4.19. The molecule has 1 aromatic heterocycles. The molecule has 13 heavy (non-hydrogen) atoms. The van der Waals surface area contributed by atoms with Crippen molar-refractivity contribution in [1.82, 2.24) is 0 Å². The highest BCUT2D eigenvalue weighted by Crippen LogP contribution is 2.23. The number of thiophene rings is 1. The zero-order valence-corrected chi connectivity index (χ0v) is 8.57. The third-order valence-corrected chi connectivity index (χ3v) is 2.42. The quantitative estimate of drug-likeness (QED) is 0.719. The number of anilines is 1. The van der Waals surface area contributed by atoms with Crippen LogP contribution in [-0.4, -0.2) is 0 Å². The second-order valence-corrected chi connectivity index (χ2v) is 3.42. The van der Waals surface area contributed by atoms with Crippen molar-refractivity contribution in [3.8, 4) is 11.1 Å². The Morgan fingerprint density at radius 2 is 1.92 bits per heavy atom. The van der Waals surface area contributed by atoms with Crippen LogP contribution in [0, 0.1) is 0 Å². The molecule has 2 N–H and O–H groups in total. The van der Waals surface area contributed by atoms with Gasteiger partial charge in [0.1, 0.15) is 0 Å². The van der Waals surface area contributed by atoms with E-state index in [1.807, 2.05) is 18.2 Å². The van der Waals surface area contributed by atoms with Crippen LogP contribution in [0.5, 0.6) is 0 Å². The van der Waals surface area contributed by atoms with Crippen molar-refractivity contribution in [3.63, 3.8) is 0 Å². The molecule has 0 fully saturated rings. The first-order chi connectivity index (χ1) is 5.86. The molecule has 0 radical (unpaired) electrons. The summed E-state index contributed by atoms with van der Waals surface area (Å²) >= 11 is 1.70. The predicted molar refractivity (Wildman–Crippen MR) is 61.4 cm³/mol. The lowest BCUT2D eigenvalue weighted by molar-refractivity contribution is 1.66. The summed E-state index contributed by atoms with van der Waals surface area (Å²) in [4.78, 5) is 0. The molecule has 2 aromatic rings. The molecule has 1 heterocycles. The Kier molecular flexibility index (Phi) is 3.34. The highest BCUT2D eigenvalue weighted by atomic mass is 35.5. The summed E-state index contributed by atoms with van der Waals surface area (Å²) in [6, 6.07) is 10.0. The van der Waals surface area contributed by atoms with Crippen LogP contribution < -0.4 is 5.73 Å². The van der Waals surface area contributed by atoms with Crippen molar-refractivity contribution < 1.29 is 0 Å². The minimum Gasteiger partial charge on any atom is -0.399 e. The summed E-state index contributed by atoms with van der Waals surface area (Å²) in [5.41, 5.74) is 8.92. The normalized spacial score (nSPS) is 9.23. The largest absolute Gasteiger partial charge is 0.399 e. The zero-order chi connectivity index (χ0) is 8.39. The number of halogens is 1. The van der Waals surface area contributed by atoms with E-state index >= 15 is 0 Å². The van der Waals surface area contributed by atoms with Gasteiger partial charge in [0.2, 0.25) is 0 Å². The van der Waals surface area contributed by atoms with Gasteiger partial charge in [0.15, 0.2) is 0 Å². The van der Waals surface area contributed by atoms with Gasteiger partial charge in [-0.2, -0.15) is 11.3 Å². The Morgan fingerprint density at radius 1 is 1.08 bits per heavy atom. The molecular weight excluding hydrogens is 202 g/mol. The first-order valence-corrected chi connectivity index (χ1v) is 4.68. The van der Waals surface area contributed by atoms with Crippen LogP contribution in [0.1, 0.15) is 0 Å². The lowest BCUT2D eigenvalue weighted by Gasteiger charge is -1.97. The zero-order valence-electron chi connectivity index (χ0n) is 6.94. The van der Waals surface area contributed by atoms with Crippen molar-refractivity contribution in [1.29, 1.82) is 0 Å². The monoisotopic (exact) mass is 211 g/mol. The van der Waals surface area contributed by atoms with Gasteiger partial charge in [0.05, 0.1) is 0 Å². The van der Waals surface area contributed by atoms with Gasteiger partial charge in [0, 0.05) is 5.69 Å². The molecule has 0 aliphatic heterocycles. The molecule has 1 nitrogen and oxygen atoms in total. The number of hydrogen-bond acceptors (Lipinski definition) is 2. The van der Waals surface area contributed by atoms with Crippen molar-refractivity contribution in [3.05, 3.63) is 41.1 Å². The summed E-state index contributed by atoms with van der Waals surface area (Å²) in [7, 11) is 0. The summed E-state index contributed by atoms with van der Waals surface area (Å²) in [5.74, 6) is 0. The number of nitrogen functional groups attached to an aromatic ring is 1. The smallest absolute Gasteiger partial charge is 0.0320 e. The van der Waals surface area contributed by atoms with Crippen molar-refractivity contribution >= 4 is 29.4 Å². The molecule has 3 heteroatoms. The van der Waals surface area contributed by atoms with Crippen molar-refractivity contribution in [2.75, 3.05) is 5.73 Å². The van der Waals surface area contributed by atoms with E-state index < -0.39 is 0 Å². The van der Waals surface area contributed by atoms with E-state index in [9.17, 15) is 0 Å². The maximum Gasteiger partial charge on any atom is 0.0320 e. The van der Waals surface area contributed by atoms with Crippen molar-refractivity contribution in [2.24, 2.45) is 0 Å². The van der Waals surface area contributed by atoms with Gasteiger partial charge in [-0.3, -0.25) is 0 Å². The van der Waals surface area contributed by atoms with Gasteiger partial charge in [-0.25, -0.2) is 0 Å². The fourth-order valence-electron chi connectivity index (χ4n) is 1.15. The summed E-state index contributed by atoms with van der Waals surface area (Å²) in [6.07, 6.45) is 0. The predicted octanol–water partition coefficient (Wildman–Crippen LogP) is 3.42. The summed E-state index contributed by atoms with van der Waals surface area (Å²) < 4.78 is 0. The molecule has 0 bridgehead atoms. The molecule has 2 rings (SSSR count). The average Bonchev–Trinajstić information content (AvgIpc) is 2.56. The fraction of sp³-hybridized carbons (Fsp3) is 0. The first-order valence-electron chi connectivity index (χ1n) is 3.74. The lowest BCUT2D eigenvalue weighted by atomic mass is 10.1. The third kappa shape index (κ3) is 2.23. The Labute approximate surface area is 87.6 Å². The van der Waals surface area contributed by atoms with Gasteiger partial charge < -0.3 is 5.73 Å². The number of rotatable bonds is 1. The minimum atomic E-state index is 0. The van der Waals surface area contributed by atoms with Crippen LogP contribution in [0.4, 0.5) is 5.69 Å². The Bertz CT molecular complexity index is 370. The molecule has 0 amide bonds. The minimum absolute atomic E-state index is 0. The topological polar surface area (TPSA) is 26.0 Å². The molecule has 0 unspecified atom stereocenters. The Balaban J connectivity index is 0.000000845. The fourth-order valence-corrected chi connectivity index (χ4v) is 1.81. The molecule has 1 aromatic carbocycles. The Hall–Kier alpha value is -0.990. The molecule has 0 saturated carbocycles. The van der Waals surface area contributed by atoms with Crippen LogP contribution in [0.15, 0.2) is 41.1 Å². The van der Waals surface area contributed by atoms with E-state index in [1.54, 1.807) is 11.3 Å². The second-order valence-electron chi connectivity index (χ2n) is 2.64. The van der Waals surface area contributed by atoms with E-state index in [0.29, 0.717) is 0 Å². The van der Waals surface area contributed by atoms with E-state index in [4.69, 9.17) is 5.73 Å². The molecule has 0 aliphatic rings. The Morgan fingerprint density at radius 3 is 2.54 bits per heavy atom. The van der Waals surface area contributed by atoms with Gasteiger partial charge in [-0.1, -0.05) is 12.1 Å². The highest BCUT2D eigenvalue weighted by Gasteiger charge is 1.96. The maximum absolute atomic E-state index is 5.67. The third-order valence-electron chi connectivity index (χ3n) is 1.74. The molecule has 0 spiro atoms. The van der Waals surface area contributed by atoms with E-state index in [2.05, 4.69) is 22.9 Å². The average molecular weight is 212 g/mol. The molecule has 0 saturated heterocycles. The molecular formula is C10H10ClNS. The van der Waals surface area contributed by atoms with Gasteiger partial charge in [-0.15, -0.1) is 12.4 Å². The lowest BCUT2D eigenvalue weighted by Crippen LogP contribution is -1.83. The standard InChI is InChI=1S/C10H9NS.ClH/c11-10-3-1-2-8(6-10)9-4-5-12-7-9;/h1-7H,11H2;1H. The van der Waals surface area contributed by atoms with Crippen LogP contribution >= 0.6 is 23.7 Å². The number of hydrogen-bond donors (Lipinski definition) is 1. The van der Waals surface area contributed by atoms with Crippen LogP contribution in [0.2, 0.25) is 0 Å². The highest BCUT2D eigenvalue weighted by molar-refractivity contribution is 7.08. The second kappa shape index (κ2) is 4.30. The van der Waals surface area contributed by atoms with Gasteiger partial charge >= 0.3 is 0 Å². The van der Waals surface area contributed by atoms with E-state index in [1.165, 1.54) is 11.1 Å². The maximum atomic E-state index is 5.67. The van der Waals surface area contributed by atoms with Gasteiger partial charge in [0.25, 0.3) is 0 Å². The first kappa shape index (κ1) is 10.1. The number of nitrogens with two attached hydrogens (primary N) is 1. The molecule has 0 atom stereocenters. The van der Waals surface area contributed by atoms with Gasteiger partial charge in [-0.05, 0) is 40.1 Å². The van der Waals surface area contributed by atoms with Crippen LogP contribution in [-0.2, 0) is 0 Å². The van der Waals surface area contributed by atoms with Crippen molar-refractivity contribution in [2.45, 2.75) is 0 Å². The van der Waals surface area contributed by atoms with Crippen LogP contribution in [0.3, 0.4) is 0 Å². The summed E-state index contributed by atoms with van der Waals surface area (Å²) in [6.45, 7) is 0. The van der Waals surface area contributed by atoms with E-state index in [0.717, 1.165) is 5.69 Å². The molecule has 68 valence electrons. The van der Waals surface area contributed by atoms with E-state index in [-0.39, 0.29) is 12.4 Å². The molecule has 0 aliphatic carbocycles. The SMILES string of the molecule is Cl.Nc1cccc(-c2ccsc2)c1. The van der Waals surface area contributed by atoms with Crippen LogP contribution in [0.25, 0.3) is 11.1 Å². The number of benzene rings is 1.